The van der Waals surface area contributed by atoms with Gasteiger partial charge in [0, 0.05) is 36.8 Å². The van der Waals surface area contributed by atoms with Crippen LogP contribution in [0.2, 0.25) is 0 Å². The molecular formula is C81H104Cl4N10O30P4S4. The van der Waals surface area contributed by atoms with Gasteiger partial charge in [-0.3, -0.25) is 62.2 Å². The molecule has 0 radical (unpaired) electrons. The monoisotopic (exact) mass is 2090 g/mol. The molecule has 52 heteroatoms. The van der Waals surface area contributed by atoms with Crippen LogP contribution >= 0.6 is 70.2 Å². The minimum atomic E-state index is -3.49. The zero-order valence-corrected chi connectivity index (χ0v) is 83.0. The summed E-state index contributed by atoms with van der Waals surface area (Å²) in [5, 5.41) is 81.1. The fraction of sp³-hybridized carbons (Fsp3) is 0.432. The van der Waals surface area contributed by atoms with Crippen molar-refractivity contribution in [2.24, 2.45) is 5.73 Å². The first-order chi connectivity index (χ1) is 61.6. The molecule has 3 unspecified atom stereocenters. The quantitative estimate of drug-likeness (QED) is 0.0101. The molecular weight excluding hydrogens is 1990 g/mol. The summed E-state index contributed by atoms with van der Waals surface area (Å²) in [7, 11) is 0. The third-order valence-corrected chi connectivity index (χ3v) is 25.4. The van der Waals surface area contributed by atoms with Crippen LogP contribution < -0.4 is 72.8 Å². The van der Waals surface area contributed by atoms with E-state index >= 15 is 0 Å². The summed E-state index contributed by atoms with van der Waals surface area (Å²) in [5.41, 5.74) is -6.29. The van der Waals surface area contributed by atoms with Gasteiger partial charge in [0.1, 0.15) is 83.8 Å². The number of aromatic amines is 3. The van der Waals surface area contributed by atoms with Gasteiger partial charge in [-0.15, -0.1) is 31.7 Å². The highest BCUT2D eigenvalue weighted by molar-refractivity contribution is 8.36. The molecule has 7 aromatic rings. The molecule has 3 aliphatic heterocycles. The predicted molar refractivity (Wildman–Crippen MR) is 511 cm³/mol. The number of aliphatic hydroxyl groups excluding tert-OH is 4. The predicted octanol–water partition coefficient (Wildman–Crippen LogP) is 5.90. The Morgan fingerprint density at radius 1 is 0.444 bits per heavy atom. The molecule has 3 fully saturated rings. The van der Waals surface area contributed by atoms with Gasteiger partial charge < -0.3 is 102 Å². The highest BCUT2D eigenvalue weighted by Crippen LogP contribution is 2.57. The van der Waals surface area contributed by atoms with Crippen molar-refractivity contribution in [3.8, 4) is 60.0 Å². The Bertz CT molecular complexity index is 5500. The maximum absolute atomic E-state index is 12.4. The first kappa shape index (κ1) is 117. The minimum Gasteiger partial charge on any atom is -0.462 e. The lowest BCUT2D eigenvalue weighted by molar-refractivity contribution is -0.149. The Kier molecular flexibility index (Phi) is 47.1. The van der Waals surface area contributed by atoms with Gasteiger partial charge in [-0.25, -0.2) is 29.6 Å². The molecule has 133 heavy (non-hydrogen) atoms. The third kappa shape index (κ3) is 36.3. The fourth-order valence-electron chi connectivity index (χ4n) is 11.1. The number of H-pyrrole nitrogens is 3. The molecule has 10 rings (SSSR count). The normalized spacial score (nSPS) is 23.2. The number of halogens is 4. The molecule has 3 aromatic heterocycles. The minimum absolute atomic E-state index is 0. The van der Waals surface area contributed by atoms with E-state index in [9.17, 15) is 78.6 Å². The Morgan fingerprint density at radius 3 is 0.947 bits per heavy atom. The second-order valence-electron chi connectivity index (χ2n) is 29.4. The second kappa shape index (κ2) is 53.5. The number of benzene rings is 4. The van der Waals surface area contributed by atoms with Gasteiger partial charge in [0.15, 0.2) is 35.5 Å². The number of rotatable bonds is 32. The Hall–Kier alpha value is -8.20. The summed E-state index contributed by atoms with van der Waals surface area (Å²) >= 11 is 38.3. The number of ether oxygens (including phenoxy) is 7. The highest BCUT2D eigenvalue weighted by Gasteiger charge is 2.59. The lowest BCUT2D eigenvalue weighted by Crippen LogP contribution is -2.48. The summed E-state index contributed by atoms with van der Waals surface area (Å²) in [6, 6.07) is 35.2. The van der Waals surface area contributed by atoms with Crippen LogP contribution in [0.15, 0.2) is 187 Å². The van der Waals surface area contributed by atoms with E-state index in [-0.39, 0.29) is 42.8 Å². The van der Waals surface area contributed by atoms with Crippen molar-refractivity contribution in [3.05, 3.63) is 221 Å². The zero-order valence-electron chi connectivity index (χ0n) is 73.1. The number of carbonyl (C=O) groups excluding carboxylic acids is 4. The average molecular weight is 2090 g/mol. The van der Waals surface area contributed by atoms with E-state index in [1.807, 2.05) is 57.3 Å². The van der Waals surface area contributed by atoms with E-state index in [2.05, 4.69) is 38.9 Å². The Balaban J connectivity index is 0.000000356. The fourth-order valence-corrected chi connectivity index (χ4v) is 19.4. The van der Waals surface area contributed by atoms with Crippen molar-refractivity contribution in [2.75, 3.05) is 19.8 Å². The average Bonchev–Trinajstić information content (AvgIpc) is 1.62. The van der Waals surface area contributed by atoms with Crippen LogP contribution in [0, 0.1) is 37.0 Å². The number of carbonyl (C=O) groups is 4. The van der Waals surface area contributed by atoms with Crippen LogP contribution in [-0.2, 0) is 109 Å². The van der Waals surface area contributed by atoms with Crippen LogP contribution in [0.25, 0.3) is 0 Å². The van der Waals surface area contributed by atoms with Crippen LogP contribution in [-0.4, -0.2) is 210 Å². The van der Waals surface area contributed by atoms with Crippen molar-refractivity contribution in [3.63, 3.8) is 0 Å². The molecule has 6 heterocycles. The van der Waals surface area contributed by atoms with Crippen molar-refractivity contribution in [2.45, 2.75) is 204 Å². The summed E-state index contributed by atoms with van der Waals surface area (Å²) in [4.78, 5) is 120. The van der Waals surface area contributed by atoms with Crippen molar-refractivity contribution in [1.82, 2.24) is 43.9 Å². The Labute approximate surface area is 804 Å². The van der Waals surface area contributed by atoms with Gasteiger partial charge in [-0.1, -0.05) is 90.6 Å². The van der Waals surface area contributed by atoms with Gasteiger partial charge in [0.2, 0.25) is 0 Å². The number of hydrogen-bond acceptors (Lipinski definition) is 35. The summed E-state index contributed by atoms with van der Waals surface area (Å²) in [6.07, 6.45) is 5.23. The lowest BCUT2D eigenvalue weighted by atomic mass is 9.95. The number of esters is 4. The number of aliphatic hydroxyl groups is 7. The molecule has 3 saturated heterocycles. The van der Waals surface area contributed by atoms with E-state index in [0.717, 1.165) is 50.5 Å². The molecule has 19 atom stereocenters. The van der Waals surface area contributed by atoms with Crippen LogP contribution in [0.4, 0.5) is 0 Å². The molecule has 0 spiro atoms. The van der Waals surface area contributed by atoms with Gasteiger partial charge >= 0.3 is 54.2 Å². The number of nitrogens with one attached hydrogen (secondary N) is 6. The summed E-state index contributed by atoms with van der Waals surface area (Å²) in [5.74, 6) is 3.25. The number of aromatic nitrogens is 6. The maximum Gasteiger partial charge on any atom is 0.330 e. The first-order valence-corrected chi connectivity index (χ1v) is 52.9. The van der Waals surface area contributed by atoms with Gasteiger partial charge in [0.05, 0.1) is 44.2 Å². The number of hydrogen-bond donors (Lipinski definition) is 14. The number of terminal acetylenes is 3. The smallest absolute Gasteiger partial charge is 0.330 e. The number of nitrogens with zero attached hydrogens (tertiary/aromatic N) is 3. The molecule has 0 saturated carbocycles. The Morgan fingerprint density at radius 2 is 0.699 bits per heavy atom. The molecule has 0 aliphatic carbocycles. The second-order valence-corrected chi connectivity index (χ2v) is 47.8. The van der Waals surface area contributed by atoms with Gasteiger partial charge in [0.25, 0.3) is 27.4 Å². The molecule has 40 nitrogen and oxygen atoms in total. The maximum atomic E-state index is 12.4. The SMILES string of the molecule is C#C[C@@]1(O)[C@H](O)[C@@H](CO)O[C@H]1n1ccc(=O)[nH]c1=O.C#C[C@@]1(O)[C@H](O)[C@@H](COP(=S)(N[C@@H](C)C(=O)OC(C)C)Oc2ccccc2)O[C@H]1n1ccc(=O)[nH]c1=O.C#C[C@@]1(O)[C@H](O)[C@@H](COP(=S)(N[C@@H](C)C(=O)OC(C)C)Oc2ccccc2)O[C@H]1n1ccc(=O)[nH]c1=O.CC(C)OC(=O)[C@H](C)N.CC(C)OC(=O)[C@H](C)NP(=S)(Cl)Oc1ccccc1.Cl.S=P(Cl)(Cl)Oc1ccccc1. The zero-order chi connectivity index (χ0) is 99.2. The van der Waals surface area contributed by atoms with E-state index in [1.165, 1.54) is 13.8 Å². The standard InChI is InChI=1S/2C23H28N3O9PS.C12H17ClNO3PS.C11H12N2O6.C6H5Cl2OPS.C6H13NO2.ClH/c2*1-5-23(31)19(28)17(34-21(23)26-12-11-18(27)24-22(26)30)13-32-36(37,35-16-9-7-6-8-10-16)25-15(4)20(29)33-14(2)3;1-9(2)16-12(15)10(3)14-18(13,19)17-11-7-5-4-6-8-11;1-2-11(18)8(16)6(5-14)19-9(11)13-4-3-7(15)12-10(13)17;7-10(8,11)9-6-4-2-1-3-5-6;1-4(2)9-6(8)5(3)7;/h2*1,6-12,14-15,17,19,21,28,31H,13H2,2-4H3,(H,25,37)(H,24,27,30);4-10H,1-3H3,(H,14,19);1,3-4,6,8-9,14,16,18H,5H2,(H,12,15,17);1-5H;4-5H,7H2,1-3H3;1H/t2*15-,17+,19+,21+,23+,36?;10-,18?;6-,8-,9-,11-;;5-;/m0001.0./s1. The van der Waals surface area contributed by atoms with E-state index < -0.39 is 192 Å². The van der Waals surface area contributed by atoms with Crippen LogP contribution in [0.3, 0.4) is 0 Å². The largest absolute Gasteiger partial charge is 0.462 e. The third-order valence-electron chi connectivity index (χ3n) is 17.2. The number of para-hydroxylation sites is 4. The highest BCUT2D eigenvalue weighted by atomic mass is 35.9. The molecule has 0 amide bonds. The topological polar surface area (TPSA) is 557 Å². The van der Waals surface area contributed by atoms with Gasteiger partial charge in [-0.2, -0.15) is 0 Å². The van der Waals surface area contributed by atoms with E-state index in [0.29, 0.717) is 23.0 Å². The summed E-state index contributed by atoms with van der Waals surface area (Å²) in [6.45, 7) is 11.8. The molecule has 4 aromatic carbocycles. The first-order valence-electron chi connectivity index (χ1n) is 39.5. The molecule has 0 bridgehead atoms. The lowest BCUT2D eigenvalue weighted by Gasteiger charge is -2.28. The van der Waals surface area contributed by atoms with Crippen LogP contribution in [0.1, 0.15) is 102 Å². The molecule has 3 aliphatic rings. The van der Waals surface area contributed by atoms with Crippen molar-refractivity contribution >= 4 is 141 Å². The molecule has 730 valence electrons. The van der Waals surface area contributed by atoms with E-state index in [4.69, 9.17) is 160 Å². The van der Waals surface area contributed by atoms with Crippen molar-refractivity contribution < 1.29 is 115 Å². The van der Waals surface area contributed by atoms with Gasteiger partial charge in [-0.05, 0) is 213 Å². The van der Waals surface area contributed by atoms with Crippen molar-refractivity contribution in [1.29, 1.82) is 0 Å². The summed E-state index contributed by atoms with van der Waals surface area (Å²) < 4.78 is 73.4. The van der Waals surface area contributed by atoms with Crippen LogP contribution in [0.5, 0.6) is 23.0 Å². The van der Waals surface area contributed by atoms with E-state index in [1.54, 1.807) is 154 Å². The number of nitrogens with two attached hydrogens (primary N) is 1. The molecule has 15 N–H and O–H groups in total.